The van der Waals surface area contributed by atoms with Gasteiger partial charge in [-0.3, -0.25) is 4.57 Å². The lowest BCUT2D eigenvalue weighted by Crippen LogP contribution is -2.35. The molecule has 1 N–H and O–H groups in total. The largest absolute Gasteiger partial charge is 0.472 e. The molecule has 2 aromatic rings. The highest BCUT2D eigenvalue weighted by Gasteiger charge is 2.18. The third-order valence-electron chi connectivity index (χ3n) is 3.80. The highest BCUT2D eigenvalue weighted by molar-refractivity contribution is 9.10. The Kier molecular flexibility index (Phi) is 6.62. The van der Waals surface area contributed by atoms with Gasteiger partial charge in [0.15, 0.2) is 0 Å². The Hall–Kier alpha value is -1.37. The monoisotopic (exact) mass is 399 g/mol. The van der Waals surface area contributed by atoms with E-state index in [9.17, 15) is 4.79 Å². The first-order valence-electron chi connectivity index (χ1n) is 7.40. The van der Waals surface area contributed by atoms with Crippen LogP contribution in [0.25, 0.3) is 0 Å². The van der Waals surface area contributed by atoms with Gasteiger partial charge in [0, 0.05) is 12.2 Å². The second-order valence-electron chi connectivity index (χ2n) is 5.34. The van der Waals surface area contributed by atoms with Crippen LogP contribution in [0.3, 0.4) is 0 Å². The Morgan fingerprint density at radius 2 is 1.96 bits per heavy atom. The van der Waals surface area contributed by atoms with Gasteiger partial charge < -0.3 is 10.1 Å². The number of rotatable bonds is 4. The van der Waals surface area contributed by atoms with Crippen LogP contribution in [0.2, 0.25) is 0 Å². The van der Waals surface area contributed by atoms with Gasteiger partial charge in [-0.25, -0.2) is 4.79 Å². The van der Waals surface area contributed by atoms with Gasteiger partial charge in [0.1, 0.15) is 6.61 Å². The normalized spacial score (nSPS) is 15.0. The van der Waals surface area contributed by atoms with Crippen LogP contribution in [-0.4, -0.2) is 22.6 Å². The average Bonchev–Trinajstić information content (AvgIpc) is 2.57. The number of piperidine rings is 1. The smallest absolute Gasteiger partial charge is 0.351 e. The molecular weight excluding hydrogens is 382 g/mol. The van der Waals surface area contributed by atoms with Crippen molar-refractivity contribution in [3.05, 3.63) is 57.0 Å². The first kappa shape index (κ1) is 18.0. The molecule has 0 spiro atoms. The van der Waals surface area contributed by atoms with Gasteiger partial charge in [0.25, 0.3) is 0 Å². The lowest BCUT2D eigenvalue weighted by atomic mass is 10.1. The third kappa shape index (κ3) is 4.56. The quantitative estimate of drug-likeness (QED) is 0.857. The number of nitrogens with one attached hydrogen (secondary N) is 1. The third-order valence-corrected chi connectivity index (χ3v) is 4.34. The van der Waals surface area contributed by atoms with E-state index in [0.29, 0.717) is 17.0 Å². The fourth-order valence-electron chi connectivity index (χ4n) is 2.60. The molecule has 23 heavy (non-hydrogen) atoms. The van der Waals surface area contributed by atoms with E-state index in [-0.39, 0.29) is 24.1 Å². The standard InChI is InChI=1S/C16H18BrN3O2.ClH/c17-14-10-20(13-6-8-18-9-7-13)16(21)19-15(14)22-11-12-4-2-1-3-5-12;/h1-5,10,13,18H,6-9,11H2;1H. The van der Waals surface area contributed by atoms with Crippen LogP contribution in [-0.2, 0) is 6.61 Å². The fraction of sp³-hybridized carbons (Fsp3) is 0.375. The zero-order valence-electron chi connectivity index (χ0n) is 12.6. The van der Waals surface area contributed by atoms with Gasteiger partial charge in [0.05, 0.1) is 4.47 Å². The van der Waals surface area contributed by atoms with Crippen molar-refractivity contribution in [3.63, 3.8) is 0 Å². The molecule has 7 heteroatoms. The Balaban J connectivity index is 0.00000192. The van der Waals surface area contributed by atoms with Gasteiger partial charge in [-0.15, -0.1) is 12.4 Å². The molecular formula is C16H19BrClN3O2. The molecule has 0 bridgehead atoms. The van der Waals surface area contributed by atoms with Crippen molar-refractivity contribution in [2.24, 2.45) is 0 Å². The molecule has 1 saturated heterocycles. The van der Waals surface area contributed by atoms with Crippen molar-refractivity contribution in [1.29, 1.82) is 0 Å². The molecule has 1 fully saturated rings. The van der Waals surface area contributed by atoms with Crippen LogP contribution < -0.4 is 15.7 Å². The molecule has 0 atom stereocenters. The molecule has 1 aromatic carbocycles. The van der Waals surface area contributed by atoms with Crippen LogP contribution in [0.5, 0.6) is 5.88 Å². The number of halogens is 2. The maximum absolute atomic E-state index is 12.2. The molecule has 1 aromatic heterocycles. The summed E-state index contributed by atoms with van der Waals surface area (Å²) in [6.45, 7) is 2.26. The zero-order chi connectivity index (χ0) is 15.4. The molecule has 1 aliphatic heterocycles. The molecule has 0 amide bonds. The Labute approximate surface area is 149 Å². The first-order valence-corrected chi connectivity index (χ1v) is 8.19. The zero-order valence-corrected chi connectivity index (χ0v) is 15.0. The molecule has 0 aliphatic carbocycles. The van der Waals surface area contributed by atoms with E-state index in [2.05, 4.69) is 26.2 Å². The average molecular weight is 401 g/mol. The summed E-state index contributed by atoms with van der Waals surface area (Å²) < 4.78 is 8.08. The van der Waals surface area contributed by atoms with Gasteiger partial charge >= 0.3 is 5.69 Å². The van der Waals surface area contributed by atoms with E-state index < -0.39 is 0 Å². The summed E-state index contributed by atoms with van der Waals surface area (Å²) in [5, 5.41) is 3.30. The summed E-state index contributed by atoms with van der Waals surface area (Å²) in [6.07, 6.45) is 3.68. The van der Waals surface area contributed by atoms with E-state index in [4.69, 9.17) is 4.74 Å². The number of ether oxygens (including phenoxy) is 1. The molecule has 5 nitrogen and oxygen atoms in total. The summed E-state index contributed by atoms with van der Waals surface area (Å²) >= 11 is 3.46. The van der Waals surface area contributed by atoms with Crippen molar-refractivity contribution in [1.82, 2.24) is 14.9 Å². The van der Waals surface area contributed by atoms with Gasteiger partial charge in [-0.05, 0) is 47.4 Å². The number of nitrogens with zero attached hydrogens (tertiary/aromatic N) is 2. The molecule has 0 unspecified atom stereocenters. The van der Waals surface area contributed by atoms with E-state index >= 15 is 0 Å². The highest BCUT2D eigenvalue weighted by Crippen LogP contribution is 2.24. The Morgan fingerprint density at radius 1 is 1.26 bits per heavy atom. The minimum absolute atomic E-state index is 0. The van der Waals surface area contributed by atoms with Crippen molar-refractivity contribution in [2.45, 2.75) is 25.5 Å². The molecule has 0 saturated carbocycles. The topological polar surface area (TPSA) is 56.1 Å². The minimum atomic E-state index is -0.252. The molecule has 3 rings (SSSR count). The van der Waals surface area contributed by atoms with E-state index in [1.165, 1.54) is 0 Å². The van der Waals surface area contributed by atoms with Gasteiger partial charge in [-0.1, -0.05) is 30.3 Å². The van der Waals surface area contributed by atoms with E-state index in [1.54, 1.807) is 10.8 Å². The van der Waals surface area contributed by atoms with Crippen LogP contribution in [0.4, 0.5) is 0 Å². The Morgan fingerprint density at radius 3 is 2.65 bits per heavy atom. The fourth-order valence-corrected chi connectivity index (χ4v) is 3.03. The summed E-state index contributed by atoms with van der Waals surface area (Å²) in [7, 11) is 0. The summed E-state index contributed by atoms with van der Waals surface area (Å²) in [5.41, 5.74) is 0.789. The number of hydrogen-bond acceptors (Lipinski definition) is 4. The highest BCUT2D eigenvalue weighted by atomic mass is 79.9. The first-order chi connectivity index (χ1) is 10.7. The molecule has 124 valence electrons. The van der Waals surface area contributed by atoms with E-state index in [1.807, 2.05) is 30.3 Å². The summed E-state index contributed by atoms with van der Waals surface area (Å²) in [6, 6.07) is 10.0. The summed E-state index contributed by atoms with van der Waals surface area (Å²) in [5.74, 6) is 0.346. The maximum Gasteiger partial charge on any atom is 0.351 e. The van der Waals surface area contributed by atoms with Gasteiger partial charge in [-0.2, -0.15) is 4.98 Å². The van der Waals surface area contributed by atoms with Crippen LogP contribution in [0.1, 0.15) is 24.4 Å². The lowest BCUT2D eigenvalue weighted by Gasteiger charge is -2.24. The number of benzene rings is 1. The minimum Gasteiger partial charge on any atom is -0.472 e. The molecule has 1 aliphatic rings. The van der Waals surface area contributed by atoms with Crippen LogP contribution in [0, 0.1) is 0 Å². The lowest BCUT2D eigenvalue weighted by molar-refractivity contribution is 0.284. The molecule has 2 heterocycles. The van der Waals surface area contributed by atoms with Crippen LogP contribution in [0.15, 0.2) is 45.8 Å². The number of hydrogen-bond donors (Lipinski definition) is 1. The number of aromatic nitrogens is 2. The van der Waals surface area contributed by atoms with Crippen molar-refractivity contribution >= 4 is 28.3 Å². The predicted octanol–water partition coefficient (Wildman–Crippen LogP) is 2.93. The maximum atomic E-state index is 12.2. The van der Waals surface area contributed by atoms with Gasteiger partial charge in [0.2, 0.25) is 5.88 Å². The van der Waals surface area contributed by atoms with Crippen LogP contribution >= 0.6 is 28.3 Å². The SMILES string of the molecule is Cl.O=c1nc(OCc2ccccc2)c(Br)cn1C1CCNCC1. The second-order valence-corrected chi connectivity index (χ2v) is 6.19. The Bertz CT molecular complexity index is 687. The van der Waals surface area contributed by atoms with Crippen molar-refractivity contribution in [2.75, 3.05) is 13.1 Å². The van der Waals surface area contributed by atoms with E-state index in [0.717, 1.165) is 31.5 Å². The molecule has 0 radical (unpaired) electrons. The van der Waals surface area contributed by atoms with Crippen molar-refractivity contribution < 1.29 is 4.74 Å². The summed E-state index contributed by atoms with van der Waals surface area (Å²) in [4.78, 5) is 16.3. The predicted molar refractivity (Wildman–Crippen MR) is 95.4 cm³/mol. The van der Waals surface area contributed by atoms with Crippen molar-refractivity contribution in [3.8, 4) is 5.88 Å². The second kappa shape index (κ2) is 8.47.